The average molecular weight is 367 g/mol. The van der Waals surface area contributed by atoms with Crippen LogP contribution in [0.4, 0.5) is 9.18 Å². The van der Waals surface area contributed by atoms with Crippen LogP contribution in [0.25, 0.3) is 0 Å². The highest BCUT2D eigenvalue weighted by Gasteiger charge is 2.32. The summed E-state index contributed by atoms with van der Waals surface area (Å²) in [5.74, 6) is -0.277. The van der Waals surface area contributed by atoms with Crippen LogP contribution in [-0.2, 0) is 6.42 Å². The molecule has 2 aliphatic rings. The smallest absolute Gasteiger partial charge is 0.318 e. The van der Waals surface area contributed by atoms with Crippen molar-refractivity contribution in [1.29, 1.82) is 0 Å². The highest BCUT2D eigenvalue weighted by molar-refractivity contribution is 5.76. The van der Waals surface area contributed by atoms with Crippen LogP contribution in [-0.4, -0.2) is 30.6 Å². The van der Waals surface area contributed by atoms with Gasteiger partial charge in [0.05, 0.1) is 17.8 Å². The van der Waals surface area contributed by atoms with Gasteiger partial charge >= 0.3 is 6.03 Å². The quantitative estimate of drug-likeness (QED) is 0.805. The zero-order chi connectivity index (χ0) is 18.8. The van der Waals surface area contributed by atoms with E-state index < -0.39 is 0 Å². The van der Waals surface area contributed by atoms with Crippen molar-refractivity contribution in [1.82, 2.24) is 15.5 Å². The van der Waals surface area contributed by atoms with Crippen molar-refractivity contribution in [3.8, 4) is 0 Å². The Labute approximate surface area is 161 Å². The van der Waals surface area contributed by atoms with Crippen molar-refractivity contribution in [3.05, 3.63) is 88.5 Å². The molecule has 0 spiro atoms. The van der Waals surface area contributed by atoms with E-state index in [9.17, 15) is 9.18 Å². The standard InChI is InChI=1S/C22H22FN3O.2H2/c1-24-18-10-11-19(14-18)25-22(27)26-13-12-15-4-2-3-5-20(15)21(26)16-6-8-17(23)9-7-16;;/h2-9,11,19,21,24H,12-14H2,1H3,(H,25,27);2*1H/t19?,21-;;/m0../s1. The summed E-state index contributed by atoms with van der Waals surface area (Å²) in [4.78, 5) is 14.9. The fourth-order valence-corrected chi connectivity index (χ4v) is 3.84. The second kappa shape index (κ2) is 7.29. The lowest BCUT2D eigenvalue weighted by Gasteiger charge is -2.38. The summed E-state index contributed by atoms with van der Waals surface area (Å²) in [7, 11) is 1.85. The normalized spacial score (nSPS) is 20.8. The Morgan fingerprint density at radius 2 is 2.00 bits per heavy atom. The van der Waals surface area contributed by atoms with Crippen LogP contribution in [0.15, 0.2) is 66.0 Å². The summed E-state index contributed by atoms with van der Waals surface area (Å²) in [5.41, 5.74) is 7.36. The molecule has 0 saturated heterocycles. The van der Waals surface area contributed by atoms with Gasteiger partial charge in [-0.25, -0.2) is 9.18 Å². The molecule has 27 heavy (non-hydrogen) atoms. The van der Waals surface area contributed by atoms with Crippen molar-refractivity contribution in [3.63, 3.8) is 0 Å². The number of urea groups is 1. The fourth-order valence-electron chi connectivity index (χ4n) is 3.84. The molecule has 0 radical (unpaired) electrons. The van der Waals surface area contributed by atoms with Gasteiger partial charge in [-0.3, -0.25) is 0 Å². The number of fused-ring (bicyclic) bond motifs is 1. The summed E-state index contributed by atoms with van der Waals surface area (Å²) in [6, 6.07) is 14.2. The molecule has 0 fully saturated rings. The summed E-state index contributed by atoms with van der Waals surface area (Å²) in [6.07, 6.45) is 3.41. The molecule has 1 unspecified atom stereocenters. The van der Waals surface area contributed by atoms with Crippen molar-refractivity contribution in [2.75, 3.05) is 13.6 Å². The number of nitrogens with one attached hydrogen (secondary N) is 2. The summed E-state index contributed by atoms with van der Waals surface area (Å²) in [6.45, 7) is 0.619. The molecule has 4 nitrogen and oxygen atoms in total. The first-order valence-corrected chi connectivity index (χ1v) is 9.19. The van der Waals surface area contributed by atoms with Crippen LogP contribution < -0.4 is 10.6 Å². The molecule has 2 aromatic rings. The third-order valence-electron chi connectivity index (χ3n) is 5.22. The Bertz CT molecular complexity index is 926. The fraction of sp³-hybridized carbons (Fsp3) is 0.273. The molecule has 2 atom stereocenters. The number of nitrogens with zero attached hydrogens (tertiary/aromatic N) is 1. The van der Waals surface area contributed by atoms with Crippen LogP contribution in [0, 0.1) is 5.82 Å². The van der Waals surface area contributed by atoms with Crippen LogP contribution in [0.1, 0.15) is 32.0 Å². The van der Waals surface area contributed by atoms with E-state index in [0.717, 1.165) is 23.2 Å². The molecule has 1 heterocycles. The van der Waals surface area contributed by atoms with Gasteiger partial charge in [0, 0.05) is 22.9 Å². The molecule has 4 rings (SSSR count). The minimum Gasteiger partial charge on any atom is -0.385 e. The molecular formula is C22H26FN3O. The SMILES string of the molecule is CNC1=C=CC(NC(=O)N2CCc3ccccc3[C@@H]2c2ccc(F)cc2)C1.[HH].[HH]. The Morgan fingerprint density at radius 1 is 1.22 bits per heavy atom. The molecule has 2 aromatic carbocycles. The van der Waals surface area contributed by atoms with Gasteiger partial charge in [-0.1, -0.05) is 36.4 Å². The van der Waals surface area contributed by atoms with Crippen LogP contribution in [0.3, 0.4) is 0 Å². The molecule has 142 valence electrons. The van der Waals surface area contributed by atoms with Gasteiger partial charge in [-0.2, -0.15) is 0 Å². The summed E-state index contributed by atoms with van der Waals surface area (Å²) in [5, 5.41) is 6.16. The van der Waals surface area contributed by atoms with Crippen molar-refractivity contribution >= 4 is 6.03 Å². The predicted molar refractivity (Wildman–Crippen MR) is 107 cm³/mol. The lowest BCUT2D eigenvalue weighted by molar-refractivity contribution is 0.178. The molecule has 5 heteroatoms. The highest BCUT2D eigenvalue weighted by Crippen LogP contribution is 2.35. The second-order valence-corrected chi connectivity index (χ2v) is 6.90. The molecule has 1 aliphatic carbocycles. The number of carbonyl (C=O) groups is 1. The third-order valence-corrected chi connectivity index (χ3v) is 5.22. The highest BCUT2D eigenvalue weighted by atomic mass is 19.1. The molecule has 1 aliphatic heterocycles. The molecule has 2 amide bonds. The number of hydrogen-bond donors (Lipinski definition) is 2. The van der Waals surface area contributed by atoms with Crippen LogP contribution in [0.5, 0.6) is 0 Å². The topological polar surface area (TPSA) is 44.4 Å². The third kappa shape index (κ3) is 3.46. The summed E-state index contributed by atoms with van der Waals surface area (Å²) < 4.78 is 13.4. The van der Waals surface area contributed by atoms with Gasteiger partial charge in [0.2, 0.25) is 0 Å². The van der Waals surface area contributed by atoms with Crippen molar-refractivity contribution in [2.24, 2.45) is 0 Å². The van der Waals surface area contributed by atoms with Gasteiger partial charge < -0.3 is 15.5 Å². The van der Waals surface area contributed by atoms with Crippen LogP contribution in [0.2, 0.25) is 0 Å². The zero-order valence-corrected chi connectivity index (χ0v) is 15.2. The van der Waals surface area contributed by atoms with Gasteiger partial charge in [0.15, 0.2) is 0 Å². The first-order valence-electron chi connectivity index (χ1n) is 9.19. The van der Waals surface area contributed by atoms with E-state index >= 15 is 0 Å². The maximum atomic E-state index is 13.4. The van der Waals surface area contributed by atoms with E-state index in [2.05, 4.69) is 28.5 Å². The van der Waals surface area contributed by atoms with E-state index in [-0.39, 0.29) is 26.8 Å². The van der Waals surface area contributed by atoms with Crippen molar-refractivity contribution < 1.29 is 12.0 Å². The van der Waals surface area contributed by atoms with E-state index in [1.54, 1.807) is 12.1 Å². The minimum absolute atomic E-state index is 0. The van der Waals surface area contributed by atoms with E-state index in [4.69, 9.17) is 0 Å². The van der Waals surface area contributed by atoms with Gasteiger partial charge in [0.25, 0.3) is 0 Å². The zero-order valence-electron chi connectivity index (χ0n) is 15.2. The molecule has 0 aromatic heterocycles. The number of amides is 2. The summed E-state index contributed by atoms with van der Waals surface area (Å²) >= 11 is 0. The van der Waals surface area contributed by atoms with Gasteiger partial charge in [0.1, 0.15) is 5.82 Å². The second-order valence-electron chi connectivity index (χ2n) is 6.90. The first kappa shape index (κ1) is 17.4. The van der Waals surface area contributed by atoms with Crippen LogP contribution >= 0.6 is 0 Å². The minimum atomic E-state index is -0.277. The molecule has 0 saturated carbocycles. The Morgan fingerprint density at radius 3 is 2.74 bits per heavy atom. The number of hydrogen-bond acceptors (Lipinski definition) is 2. The molecule has 2 N–H and O–H groups in total. The van der Waals surface area contributed by atoms with Gasteiger partial charge in [-0.15, -0.1) is 5.73 Å². The van der Waals surface area contributed by atoms with Gasteiger partial charge in [-0.05, 0) is 41.3 Å². The van der Waals surface area contributed by atoms with E-state index in [1.807, 2.05) is 30.2 Å². The maximum Gasteiger partial charge on any atom is 0.318 e. The number of carbonyl (C=O) groups excluding carboxylic acids is 1. The Hall–Kier alpha value is -3.04. The lowest BCUT2D eigenvalue weighted by Crippen LogP contribution is -2.48. The molecular weight excluding hydrogens is 341 g/mol. The Kier molecular flexibility index (Phi) is 4.69. The largest absolute Gasteiger partial charge is 0.385 e. The number of benzene rings is 2. The van der Waals surface area contributed by atoms with E-state index in [0.29, 0.717) is 13.0 Å². The van der Waals surface area contributed by atoms with Crippen molar-refractivity contribution in [2.45, 2.75) is 24.9 Å². The number of rotatable bonds is 3. The monoisotopic (exact) mass is 367 g/mol. The molecule has 0 bridgehead atoms. The predicted octanol–water partition coefficient (Wildman–Crippen LogP) is 4.01. The lowest BCUT2D eigenvalue weighted by atomic mass is 9.88. The average Bonchev–Trinajstić information content (AvgIpc) is 3.15. The first-order chi connectivity index (χ1) is 13.2. The van der Waals surface area contributed by atoms with E-state index in [1.165, 1.54) is 17.7 Å². The maximum absolute atomic E-state index is 13.4. The Balaban J connectivity index is 0.00000150. The number of halogens is 1.